The smallest absolute Gasteiger partial charge is 0.343 e. The van der Waals surface area contributed by atoms with Crippen LogP contribution in [0.3, 0.4) is 0 Å². The maximum absolute atomic E-state index is 12.5. The van der Waals surface area contributed by atoms with Crippen molar-refractivity contribution in [3.8, 4) is 11.5 Å². The number of ether oxygens (including phenoxy) is 2. The number of carbonyl (C=O) groups excluding carboxylic acids is 2. The number of benzene rings is 3. The minimum Gasteiger partial charge on any atom is -0.484 e. The van der Waals surface area contributed by atoms with Gasteiger partial charge in [-0.15, -0.1) is 0 Å². The molecule has 0 aliphatic rings. The summed E-state index contributed by atoms with van der Waals surface area (Å²) in [4.78, 5) is 34.6. The van der Waals surface area contributed by atoms with Crippen molar-refractivity contribution in [2.45, 2.75) is 6.92 Å². The summed E-state index contributed by atoms with van der Waals surface area (Å²) in [6.07, 6.45) is 1.34. The molecule has 0 heterocycles. The SMILES string of the molecule is Cc1cccc(C(=O)Oc2ccc(Br)cc2/C=N\NC(=O)COc2ccc([N+](=O)[O-])cc2)c1. The Kier molecular flexibility index (Phi) is 7.87. The highest BCUT2D eigenvalue weighted by molar-refractivity contribution is 9.10. The number of non-ortho nitro benzene ring substituents is 1. The second kappa shape index (κ2) is 11.0. The standard InChI is InChI=1S/C23H18BrN3O6/c1-15-3-2-4-16(11-15)23(29)33-21-10-5-18(24)12-17(21)13-25-26-22(28)14-32-20-8-6-19(7-9-20)27(30)31/h2-13H,14H2,1H3,(H,26,28)/b25-13-. The Labute approximate surface area is 197 Å². The Morgan fingerprint density at radius 3 is 2.58 bits per heavy atom. The van der Waals surface area contributed by atoms with Crippen molar-refractivity contribution in [2.24, 2.45) is 5.10 Å². The number of nitrogens with zero attached hydrogens (tertiary/aromatic N) is 2. The molecule has 1 amide bonds. The number of esters is 1. The van der Waals surface area contributed by atoms with Gasteiger partial charge in [-0.25, -0.2) is 10.2 Å². The zero-order chi connectivity index (χ0) is 23.8. The van der Waals surface area contributed by atoms with Crippen LogP contribution in [0.1, 0.15) is 21.5 Å². The molecule has 0 fully saturated rings. The van der Waals surface area contributed by atoms with Crippen LogP contribution in [-0.2, 0) is 4.79 Å². The highest BCUT2D eigenvalue weighted by atomic mass is 79.9. The normalized spacial score (nSPS) is 10.6. The van der Waals surface area contributed by atoms with E-state index in [0.29, 0.717) is 16.9 Å². The molecule has 0 aliphatic carbocycles. The largest absolute Gasteiger partial charge is 0.484 e. The molecule has 0 saturated heterocycles. The first kappa shape index (κ1) is 23.6. The molecule has 168 valence electrons. The van der Waals surface area contributed by atoms with Crippen LogP contribution < -0.4 is 14.9 Å². The summed E-state index contributed by atoms with van der Waals surface area (Å²) >= 11 is 3.35. The fraction of sp³-hybridized carbons (Fsp3) is 0.0870. The van der Waals surface area contributed by atoms with Crippen molar-refractivity contribution < 1.29 is 24.0 Å². The zero-order valence-electron chi connectivity index (χ0n) is 17.4. The minimum atomic E-state index is -0.544. The number of nitrogens with one attached hydrogen (secondary N) is 1. The van der Waals surface area contributed by atoms with E-state index in [0.717, 1.165) is 10.0 Å². The van der Waals surface area contributed by atoms with Gasteiger partial charge in [-0.05, 0) is 49.4 Å². The highest BCUT2D eigenvalue weighted by Crippen LogP contribution is 2.23. The van der Waals surface area contributed by atoms with Gasteiger partial charge in [0.2, 0.25) is 0 Å². The molecule has 1 N–H and O–H groups in total. The average molecular weight is 512 g/mol. The second-order valence-corrected chi connectivity index (χ2v) is 7.69. The molecular formula is C23H18BrN3O6. The van der Waals surface area contributed by atoms with Crippen molar-refractivity contribution in [3.05, 3.63) is 98.0 Å². The summed E-state index contributed by atoms with van der Waals surface area (Å²) in [6, 6.07) is 17.4. The Bertz CT molecular complexity index is 1210. The number of rotatable bonds is 8. The number of halogens is 1. The molecule has 0 atom stereocenters. The van der Waals surface area contributed by atoms with E-state index < -0.39 is 16.8 Å². The maximum Gasteiger partial charge on any atom is 0.343 e. The van der Waals surface area contributed by atoms with E-state index in [4.69, 9.17) is 9.47 Å². The Hall–Kier alpha value is -4.05. The first-order valence-electron chi connectivity index (χ1n) is 9.59. The van der Waals surface area contributed by atoms with Crippen LogP contribution in [0.25, 0.3) is 0 Å². The monoisotopic (exact) mass is 511 g/mol. The first-order chi connectivity index (χ1) is 15.8. The lowest BCUT2D eigenvalue weighted by Gasteiger charge is -2.08. The van der Waals surface area contributed by atoms with Crippen molar-refractivity contribution in [1.29, 1.82) is 0 Å². The number of nitro benzene ring substituents is 1. The van der Waals surface area contributed by atoms with Crippen LogP contribution in [0.4, 0.5) is 5.69 Å². The summed E-state index contributed by atoms with van der Waals surface area (Å²) < 4.78 is 11.5. The summed E-state index contributed by atoms with van der Waals surface area (Å²) in [5.41, 5.74) is 4.04. The summed E-state index contributed by atoms with van der Waals surface area (Å²) in [7, 11) is 0. The third-order valence-electron chi connectivity index (χ3n) is 4.24. The predicted octanol–water partition coefficient (Wildman–Crippen LogP) is 4.41. The van der Waals surface area contributed by atoms with Gasteiger partial charge in [0.15, 0.2) is 6.61 Å². The summed E-state index contributed by atoms with van der Waals surface area (Å²) in [5.74, 6) is -0.490. The van der Waals surface area contributed by atoms with Crippen LogP contribution in [0, 0.1) is 17.0 Å². The first-order valence-corrected chi connectivity index (χ1v) is 10.4. The molecule has 0 bridgehead atoms. The number of nitro groups is 1. The lowest BCUT2D eigenvalue weighted by Crippen LogP contribution is -2.24. The van der Waals surface area contributed by atoms with E-state index in [1.807, 2.05) is 13.0 Å². The van der Waals surface area contributed by atoms with Crippen LogP contribution in [0.2, 0.25) is 0 Å². The molecule has 33 heavy (non-hydrogen) atoms. The Balaban J connectivity index is 1.59. The van der Waals surface area contributed by atoms with Crippen molar-refractivity contribution in [2.75, 3.05) is 6.61 Å². The number of amides is 1. The maximum atomic E-state index is 12.5. The van der Waals surface area contributed by atoms with Crippen molar-refractivity contribution in [3.63, 3.8) is 0 Å². The van der Waals surface area contributed by atoms with Gasteiger partial charge in [0.05, 0.1) is 16.7 Å². The molecule has 0 saturated carbocycles. The quantitative estimate of drug-likeness (QED) is 0.157. The number of hydrogen-bond acceptors (Lipinski definition) is 7. The summed E-state index contributed by atoms with van der Waals surface area (Å²) in [6.45, 7) is 1.53. The number of carbonyl (C=O) groups is 2. The van der Waals surface area contributed by atoms with Crippen LogP contribution in [-0.4, -0.2) is 29.6 Å². The topological polar surface area (TPSA) is 120 Å². The Morgan fingerprint density at radius 1 is 1.12 bits per heavy atom. The van der Waals surface area contributed by atoms with Gasteiger partial charge < -0.3 is 9.47 Å². The third kappa shape index (κ3) is 6.97. The molecule has 3 aromatic carbocycles. The minimum absolute atomic E-state index is 0.0793. The molecular weight excluding hydrogens is 494 g/mol. The molecule has 0 radical (unpaired) electrons. The molecule has 0 spiro atoms. The Morgan fingerprint density at radius 2 is 1.88 bits per heavy atom. The molecule has 0 aliphatic heterocycles. The molecule has 9 nitrogen and oxygen atoms in total. The van der Waals surface area contributed by atoms with Crippen molar-refractivity contribution >= 4 is 39.7 Å². The number of hydrogen-bond donors (Lipinski definition) is 1. The van der Waals surface area contributed by atoms with E-state index in [-0.39, 0.29) is 18.0 Å². The van der Waals surface area contributed by atoms with Crippen LogP contribution in [0.15, 0.2) is 76.3 Å². The molecule has 10 heteroatoms. The van der Waals surface area contributed by atoms with Gasteiger partial charge in [-0.1, -0.05) is 33.6 Å². The van der Waals surface area contributed by atoms with Gasteiger partial charge in [0.25, 0.3) is 11.6 Å². The zero-order valence-corrected chi connectivity index (χ0v) is 18.9. The third-order valence-corrected chi connectivity index (χ3v) is 4.73. The van der Waals surface area contributed by atoms with E-state index >= 15 is 0 Å². The average Bonchev–Trinajstić information content (AvgIpc) is 2.79. The van der Waals surface area contributed by atoms with Crippen LogP contribution >= 0.6 is 15.9 Å². The van der Waals surface area contributed by atoms with Gasteiger partial charge in [-0.2, -0.15) is 5.10 Å². The number of hydrazone groups is 1. The fourth-order valence-corrected chi connectivity index (χ4v) is 3.04. The van der Waals surface area contributed by atoms with Gasteiger partial charge in [0.1, 0.15) is 11.5 Å². The summed E-state index contributed by atoms with van der Waals surface area (Å²) in [5, 5.41) is 14.5. The number of aryl methyl sites for hydroxylation is 1. The molecule has 3 aromatic rings. The lowest BCUT2D eigenvalue weighted by atomic mass is 10.1. The highest BCUT2D eigenvalue weighted by Gasteiger charge is 2.12. The van der Waals surface area contributed by atoms with Crippen molar-refractivity contribution in [1.82, 2.24) is 5.43 Å². The van der Waals surface area contributed by atoms with E-state index in [9.17, 15) is 19.7 Å². The fourth-order valence-electron chi connectivity index (χ4n) is 2.66. The molecule has 0 aromatic heterocycles. The second-order valence-electron chi connectivity index (χ2n) is 6.77. The lowest BCUT2D eigenvalue weighted by molar-refractivity contribution is -0.384. The van der Waals surface area contributed by atoms with Gasteiger partial charge >= 0.3 is 5.97 Å². The van der Waals surface area contributed by atoms with E-state index in [2.05, 4.69) is 26.5 Å². The van der Waals surface area contributed by atoms with E-state index in [1.165, 1.54) is 30.5 Å². The predicted molar refractivity (Wildman–Crippen MR) is 125 cm³/mol. The van der Waals surface area contributed by atoms with Gasteiger partial charge in [-0.3, -0.25) is 14.9 Å². The van der Waals surface area contributed by atoms with E-state index in [1.54, 1.807) is 36.4 Å². The molecule has 0 unspecified atom stereocenters. The van der Waals surface area contributed by atoms with Crippen LogP contribution in [0.5, 0.6) is 11.5 Å². The van der Waals surface area contributed by atoms with Gasteiger partial charge in [0, 0.05) is 22.2 Å². The molecule has 3 rings (SSSR count).